The number of nitrogens with one attached hydrogen (secondary N) is 1. The van der Waals surface area contributed by atoms with Gasteiger partial charge in [-0.05, 0) is 24.0 Å². The first-order valence-electron chi connectivity index (χ1n) is 7.48. The molecule has 0 unspecified atom stereocenters. The highest BCUT2D eigenvalue weighted by Crippen LogP contribution is 2.20. The third kappa shape index (κ3) is 7.76. The molecule has 0 aliphatic carbocycles. The van der Waals surface area contributed by atoms with E-state index in [9.17, 15) is 0 Å². The van der Waals surface area contributed by atoms with Crippen LogP contribution in [0.4, 0.5) is 5.69 Å². The van der Waals surface area contributed by atoms with Crippen molar-refractivity contribution in [3.63, 3.8) is 0 Å². The Morgan fingerprint density at radius 3 is 2.58 bits per heavy atom. The Labute approximate surface area is 118 Å². The van der Waals surface area contributed by atoms with Crippen molar-refractivity contribution >= 4 is 5.69 Å². The zero-order chi connectivity index (χ0) is 14.1. The van der Waals surface area contributed by atoms with Crippen LogP contribution in [-0.2, 0) is 0 Å². The van der Waals surface area contributed by atoms with Crippen LogP contribution >= 0.6 is 0 Å². The van der Waals surface area contributed by atoms with Crippen LogP contribution in [0.15, 0.2) is 24.3 Å². The number of hydrogen-bond acceptors (Lipinski definition) is 2. The van der Waals surface area contributed by atoms with E-state index in [1.54, 1.807) is 0 Å². The first-order chi connectivity index (χ1) is 9.01. The normalized spacial score (nSPS) is 11.4. The second-order valence-electron chi connectivity index (χ2n) is 6.35. The van der Waals surface area contributed by atoms with Gasteiger partial charge in [0.1, 0.15) is 5.75 Å². The number of rotatable bonds is 8. The standard InChI is InChI=1S/C17H29NO/c1-5-6-7-8-12-19-16-11-9-10-15(13-16)18-14-17(2,3)4/h9-11,13,18H,5-8,12,14H2,1-4H3. The maximum atomic E-state index is 5.79. The summed E-state index contributed by atoms with van der Waals surface area (Å²) in [6.45, 7) is 10.7. The molecule has 1 aromatic carbocycles. The van der Waals surface area contributed by atoms with Crippen molar-refractivity contribution in [3.8, 4) is 5.75 Å². The molecular weight excluding hydrogens is 234 g/mol. The molecule has 1 aromatic rings. The Balaban J connectivity index is 2.35. The Kier molecular flexibility index (Phi) is 6.75. The van der Waals surface area contributed by atoms with Gasteiger partial charge in [-0.1, -0.05) is 53.0 Å². The predicted molar refractivity (Wildman–Crippen MR) is 84.0 cm³/mol. The summed E-state index contributed by atoms with van der Waals surface area (Å²) in [6, 6.07) is 8.26. The van der Waals surface area contributed by atoms with Crippen molar-refractivity contribution in [1.82, 2.24) is 0 Å². The summed E-state index contributed by atoms with van der Waals surface area (Å²) >= 11 is 0. The molecule has 0 spiro atoms. The molecule has 0 aliphatic rings. The van der Waals surface area contributed by atoms with Gasteiger partial charge in [0.15, 0.2) is 0 Å². The quantitative estimate of drug-likeness (QED) is 0.658. The van der Waals surface area contributed by atoms with E-state index in [-0.39, 0.29) is 5.41 Å². The minimum absolute atomic E-state index is 0.289. The van der Waals surface area contributed by atoms with Gasteiger partial charge in [-0.25, -0.2) is 0 Å². The van der Waals surface area contributed by atoms with E-state index in [0.717, 1.165) is 31.0 Å². The van der Waals surface area contributed by atoms with E-state index in [4.69, 9.17) is 4.74 Å². The fraction of sp³-hybridized carbons (Fsp3) is 0.647. The number of hydrogen-bond donors (Lipinski definition) is 1. The van der Waals surface area contributed by atoms with Crippen molar-refractivity contribution in [2.24, 2.45) is 5.41 Å². The highest BCUT2D eigenvalue weighted by Gasteiger charge is 2.09. The highest BCUT2D eigenvalue weighted by molar-refractivity contribution is 5.48. The summed E-state index contributed by atoms with van der Waals surface area (Å²) in [7, 11) is 0. The lowest BCUT2D eigenvalue weighted by Crippen LogP contribution is -2.18. The van der Waals surface area contributed by atoms with Gasteiger partial charge < -0.3 is 10.1 Å². The molecule has 1 N–H and O–H groups in total. The predicted octanol–water partition coefficient (Wildman–Crippen LogP) is 5.10. The SMILES string of the molecule is CCCCCCOc1cccc(NCC(C)(C)C)c1. The van der Waals surface area contributed by atoms with Gasteiger partial charge in [0.2, 0.25) is 0 Å². The van der Waals surface area contributed by atoms with E-state index < -0.39 is 0 Å². The monoisotopic (exact) mass is 263 g/mol. The third-order valence-corrected chi connectivity index (χ3v) is 2.92. The zero-order valence-electron chi connectivity index (χ0n) is 13.0. The molecule has 0 amide bonds. The largest absolute Gasteiger partial charge is 0.494 e. The molecule has 0 aliphatic heterocycles. The first kappa shape index (κ1) is 15.9. The van der Waals surface area contributed by atoms with Crippen molar-refractivity contribution < 1.29 is 4.74 Å². The minimum Gasteiger partial charge on any atom is -0.494 e. The Morgan fingerprint density at radius 2 is 1.89 bits per heavy atom. The lowest BCUT2D eigenvalue weighted by molar-refractivity contribution is 0.305. The molecule has 0 atom stereocenters. The van der Waals surface area contributed by atoms with E-state index in [1.807, 2.05) is 12.1 Å². The van der Waals surface area contributed by atoms with Crippen LogP contribution in [-0.4, -0.2) is 13.2 Å². The van der Waals surface area contributed by atoms with Crippen LogP contribution in [0.2, 0.25) is 0 Å². The second kappa shape index (κ2) is 8.08. The summed E-state index contributed by atoms with van der Waals surface area (Å²) in [5.74, 6) is 0.968. The molecule has 0 bridgehead atoms. The van der Waals surface area contributed by atoms with Gasteiger partial charge in [0.25, 0.3) is 0 Å². The fourth-order valence-corrected chi connectivity index (χ4v) is 1.78. The van der Waals surface area contributed by atoms with Crippen molar-refractivity contribution in [2.75, 3.05) is 18.5 Å². The Hall–Kier alpha value is -1.18. The van der Waals surface area contributed by atoms with Crippen LogP contribution in [0.3, 0.4) is 0 Å². The molecule has 2 heteroatoms. The number of ether oxygens (including phenoxy) is 1. The van der Waals surface area contributed by atoms with Crippen LogP contribution in [0.1, 0.15) is 53.4 Å². The molecule has 0 aromatic heterocycles. The molecule has 0 heterocycles. The molecule has 108 valence electrons. The van der Waals surface area contributed by atoms with Crippen LogP contribution < -0.4 is 10.1 Å². The molecule has 0 radical (unpaired) electrons. The fourth-order valence-electron chi connectivity index (χ4n) is 1.78. The third-order valence-electron chi connectivity index (χ3n) is 2.92. The molecule has 0 saturated carbocycles. The van der Waals surface area contributed by atoms with E-state index in [1.165, 1.54) is 19.3 Å². The van der Waals surface area contributed by atoms with Crippen LogP contribution in [0.25, 0.3) is 0 Å². The van der Waals surface area contributed by atoms with Crippen LogP contribution in [0.5, 0.6) is 5.75 Å². The maximum Gasteiger partial charge on any atom is 0.121 e. The van der Waals surface area contributed by atoms with Gasteiger partial charge in [0, 0.05) is 18.3 Å². The van der Waals surface area contributed by atoms with Crippen molar-refractivity contribution in [2.45, 2.75) is 53.4 Å². The molecule has 0 fully saturated rings. The molecule has 2 nitrogen and oxygen atoms in total. The van der Waals surface area contributed by atoms with Crippen molar-refractivity contribution in [1.29, 1.82) is 0 Å². The average Bonchev–Trinajstić information content (AvgIpc) is 2.36. The Morgan fingerprint density at radius 1 is 1.11 bits per heavy atom. The number of unbranched alkanes of at least 4 members (excludes halogenated alkanes) is 3. The highest BCUT2D eigenvalue weighted by atomic mass is 16.5. The number of anilines is 1. The average molecular weight is 263 g/mol. The van der Waals surface area contributed by atoms with Gasteiger partial charge in [0.05, 0.1) is 6.61 Å². The van der Waals surface area contributed by atoms with E-state index in [0.29, 0.717) is 0 Å². The second-order valence-corrected chi connectivity index (χ2v) is 6.35. The smallest absolute Gasteiger partial charge is 0.121 e. The van der Waals surface area contributed by atoms with E-state index in [2.05, 4.69) is 45.1 Å². The van der Waals surface area contributed by atoms with Gasteiger partial charge >= 0.3 is 0 Å². The van der Waals surface area contributed by atoms with E-state index >= 15 is 0 Å². The molecular formula is C17H29NO. The summed E-state index contributed by atoms with van der Waals surface area (Å²) in [5.41, 5.74) is 1.43. The lowest BCUT2D eigenvalue weighted by atomic mass is 9.97. The molecule has 0 saturated heterocycles. The molecule has 1 rings (SSSR count). The Bertz CT molecular complexity index is 355. The lowest BCUT2D eigenvalue weighted by Gasteiger charge is -2.20. The minimum atomic E-state index is 0.289. The summed E-state index contributed by atoms with van der Waals surface area (Å²) in [4.78, 5) is 0. The summed E-state index contributed by atoms with van der Waals surface area (Å²) < 4.78 is 5.79. The van der Waals surface area contributed by atoms with Gasteiger partial charge in [-0.3, -0.25) is 0 Å². The van der Waals surface area contributed by atoms with Crippen molar-refractivity contribution in [3.05, 3.63) is 24.3 Å². The van der Waals surface area contributed by atoms with Crippen LogP contribution in [0, 0.1) is 5.41 Å². The van der Waals surface area contributed by atoms with Gasteiger partial charge in [-0.2, -0.15) is 0 Å². The first-order valence-corrected chi connectivity index (χ1v) is 7.48. The maximum absolute atomic E-state index is 5.79. The molecule has 19 heavy (non-hydrogen) atoms. The zero-order valence-corrected chi connectivity index (χ0v) is 13.0. The summed E-state index contributed by atoms with van der Waals surface area (Å²) in [6.07, 6.45) is 4.98. The number of benzene rings is 1. The topological polar surface area (TPSA) is 21.3 Å². The summed E-state index contributed by atoms with van der Waals surface area (Å²) in [5, 5.41) is 3.46. The van der Waals surface area contributed by atoms with Gasteiger partial charge in [-0.15, -0.1) is 0 Å².